The van der Waals surface area contributed by atoms with Crippen LogP contribution in [0.4, 0.5) is 0 Å². The molecule has 0 aromatic rings. The van der Waals surface area contributed by atoms with Gasteiger partial charge in [-0.25, -0.2) is 8.42 Å². The molecule has 4 nitrogen and oxygen atoms in total. The number of sulfonamides is 1. The molecule has 1 N–H and O–H groups in total. The predicted octanol–water partition coefficient (Wildman–Crippen LogP) is 0.939. The first-order valence-corrected chi connectivity index (χ1v) is 8.97. The third-order valence-electron chi connectivity index (χ3n) is 1.56. The molecule has 0 saturated heterocycles. The first kappa shape index (κ1) is 15.1. The van der Waals surface area contributed by atoms with Crippen LogP contribution in [0.2, 0.25) is 0 Å². The first-order valence-electron chi connectivity index (χ1n) is 4.53. The first-order chi connectivity index (χ1) is 7.02. The molecule has 15 heavy (non-hydrogen) atoms. The largest absolute Gasteiger partial charge is 0.274 e. The van der Waals surface area contributed by atoms with E-state index in [4.69, 9.17) is 0 Å². The second-order valence-electron chi connectivity index (χ2n) is 2.93. The maximum absolute atomic E-state index is 11.3. The van der Waals surface area contributed by atoms with Gasteiger partial charge in [0.25, 0.3) is 0 Å². The van der Waals surface area contributed by atoms with E-state index in [1.54, 1.807) is 11.8 Å². The van der Waals surface area contributed by atoms with Crippen molar-refractivity contribution in [1.82, 2.24) is 4.72 Å². The summed E-state index contributed by atoms with van der Waals surface area (Å²) in [6.45, 7) is 0. The van der Waals surface area contributed by atoms with Crippen molar-refractivity contribution in [3.8, 4) is 0 Å². The molecule has 0 aromatic carbocycles. The summed E-state index contributed by atoms with van der Waals surface area (Å²) in [6, 6.07) is 0. The number of nitrogens with one attached hydrogen (secondary N) is 1. The fourth-order valence-electron chi connectivity index (χ4n) is 0.864. The van der Waals surface area contributed by atoms with E-state index in [0.29, 0.717) is 12.2 Å². The van der Waals surface area contributed by atoms with Crippen LogP contribution in [0.3, 0.4) is 0 Å². The van der Waals surface area contributed by atoms with E-state index in [1.807, 2.05) is 12.5 Å². The Morgan fingerprint density at radius 1 is 1.20 bits per heavy atom. The second kappa shape index (κ2) is 8.29. The van der Waals surface area contributed by atoms with Gasteiger partial charge in [-0.15, -0.1) is 0 Å². The second-order valence-corrected chi connectivity index (χ2v) is 6.75. The zero-order valence-electron chi connectivity index (χ0n) is 8.99. The van der Waals surface area contributed by atoms with E-state index in [2.05, 4.69) is 4.72 Å². The zero-order chi connectivity index (χ0) is 11.7. The van der Waals surface area contributed by atoms with Crippen LogP contribution in [0, 0.1) is 0 Å². The lowest BCUT2D eigenvalue weighted by molar-refractivity contribution is -0.118. The quantitative estimate of drug-likeness (QED) is 0.666. The number of rotatable bonds is 8. The highest BCUT2D eigenvalue weighted by atomic mass is 32.2. The van der Waals surface area contributed by atoms with E-state index in [1.165, 1.54) is 11.8 Å². The van der Waals surface area contributed by atoms with Crippen molar-refractivity contribution < 1.29 is 13.2 Å². The van der Waals surface area contributed by atoms with Gasteiger partial charge >= 0.3 is 0 Å². The average Bonchev–Trinajstić information content (AvgIpc) is 2.14. The van der Waals surface area contributed by atoms with Gasteiger partial charge in [-0.3, -0.25) is 9.52 Å². The number of carbonyl (C=O) groups excluding carboxylic acids is 1. The Hall–Kier alpha value is 0.120. The number of hydrogen-bond acceptors (Lipinski definition) is 5. The molecule has 7 heteroatoms. The SMILES string of the molecule is CSCCCS(=O)(=O)NC(=O)CCSC. The van der Waals surface area contributed by atoms with Crippen molar-refractivity contribution in [3.63, 3.8) is 0 Å². The van der Waals surface area contributed by atoms with E-state index in [0.717, 1.165) is 5.75 Å². The Kier molecular flexibility index (Phi) is 8.36. The summed E-state index contributed by atoms with van der Waals surface area (Å²) >= 11 is 3.11. The lowest BCUT2D eigenvalue weighted by Crippen LogP contribution is -2.32. The standard InChI is InChI=1S/C8H17NO3S3/c1-13-5-3-7-15(11,12)9-8(10)4-6-14-2/h3-7H2,1-2H3,(H,9,10). The molecule has 0 aromatic heterocycles. The van der Waals surface area contributed by atoms with Crippen LogP contribution in [0.15, 0.2) is 0 Å². The Morgan fingerprint density at radius 3 is 2.33 bits per heavy atom. The van der Waals surface area contributed by atoms with Crippen molar-refractivity contribution in [1.29, 1.82) is 0 Å². The highest BCUT2D eigenvalue weighted by Crippen LogP contribution is 2.00. The van der Waals surface area contributed by atoms with E-state index >= 15 is 0 Å². The molecule has 0 heterocycles. The predicted molar refractivity (Wildman–Crippen MR) is 67.9 cm³/mol. The van der Waals surface area contributed by atoms with Gasteiger partial charge in [-0.2, -0.15) is 23.5 Å². The van der Waals surface area contributed by atoms with E-state index in [9.17, 15) is 13.2 Å². The molecule has 0 spiro atoms. The summed E-state index contributed by atoms with van der Waals surface area (Å²) < 4.78 is 24.7. The Morgan fingerprint density at radius 2 is 1.80 bits per heavy atom. The fourth-order valence-corrected chi connectivity index (χ4v) is 2.94. The minimum Gasteiger partial charge on any atom is -0.274 e. The fraction of sp³-hybridized carbons (Fsp3) is 0.875. The molecule has 0 bridgehead atoms. The normalized spacial score (nSPS) is 11.3. The maximum Gasteiger partial charge on any atom is 0.234 e. The van der Waals surface area contributed by atoms with Crippen LogP contribution >= 0.6 is 23.5 Å². The van der Waals surface area contributed by atoms with Gasteiger partial charge < -0.3 is 0 Å². The molecule has 0 unspecified atom stereocenters. The molecule has 0 aliphatic heterocycles. The summed E-state index contributed by atoms with van der Waals surface area (Å²) in [5.41, 5.74) is 0. The molecule has 0 atom stereocenters. The smallest absolute Gasteiger partial charge is 0.234 e. The number of thioether (sulfide) groups is 2. The summed E-state index contributed by atoms with van der Waals surface area (Å²) in [7, 11) is -3.41. The molecule has 0 aliphatic carbocycles. The topological polar surface area (TPSA) is 63.2 Å². The molecule has 90 valence electrons. The average molecular weight is 271 g/mol. The third kappa shape index (κ3) is 9.07. The van der Waals surface area contributed by atoms with Crippen LogP contribution in [0.1, 0.15) is 12.8 Å². The number of hydrogen-bond donors (Lipinski definition) is 1. The molecule has 0 radical (unpaired) electrons. The van der Waals surface area contributed by atoms with Gasteiger partial charge in [0.05, 0.1) is 5.75 Å². The lowest BCUT2D eigenvalue weighted by Gasteiger charge is -2.05. The van der Waals surface area contributed by atoms with Gasteiger partial charge in [0.2, 0.25) is 15.9 Å². The molecule has 1 amide bonds. The highest BCUT2D eigenvalue weighted by Gasteiger charge is 2.13. The zero-order valence-corrected chi connectivity index (χ0v) is 11.4. The van der Waals surface area contributed by atoms with Gasteiger partial charge in [0, 0.05) is 12.2 Å². The monoisotopic (exact) mass is 271 g/mol. The summed E-state index contributed by atoms with van der Waals surface area (Å²) in [6.07, 6.45) is 4.62. The summed E-state index contributed by atoms with van der Waals surface area (Å²) in [5.74, 6) is 1.05. The number of amides is 1. The summed E-state index contributed by atoms with van der Waals surface area (Å²) in [4.78, 5) is 11.1. The van der Waals surface area contributed by atoms with Crippen LogP contribution in [0.25, 0.3) is 0 Å². The molecule has 0 aliphatic rings. The summed E-state index contributed by atoms with van der Waals surface area (Å²) in [5, 5.41) is 0. The van der Waals surface area contributed by atoms with E-state index in [-0.39, 0.29) is 12.2 Å². The molecule has 0 rings (SSSR count). The molecular weight excluding hydrogens is 254 g/mol. The van der Waals surface area contributed by atoms with Crippen molar-refractivity contribution in [2.45, 2.75) is 12.8 Å². The Balaban J connectivity index is 3.86. The Labute approximate surface area is 100 Å². The molecular formula is C8H17NO3S3. The lowest BCUT2D eigenvalue weighted by atomic mass is 10.5. The Bertz CT molecular complexity index is 277. The van der Waals surface area contributed by atoms with Crippen molar-refractivity contribution in [2.75, 3.05) is 29.8 Å². The van der Waals surface area contributed by atoms with Gasteiger partial charge in [0.1, 0.15) is 0 Å². The van der Waals surface area contributed by atoms with Crippen molar-refractivity contribution in [2.24, 2.45) is 0 Å². The van der Waals surface area contributed by atoms with Crippen LogP contribution in [0.5, 0.6) is 0 Å². The van der Waals surface area contributed by atoms with Crippen molar-refractivity contribution in [3.05, 3.63) is 0 Å². The highest BCUT2D eigenvalue weighted by molar-refractivity contribution is 7.98. The van der Waals surface area contributed by atoms with Gasteiger partial charge in [-0.05, 0) is 24.7 Å². The maximum atomic E-state index is 11.3. The minimum absolute atomic E-state index is 0.0266. The van der Waals surface area contributed by atoms with Crippen molar-refractivity contribution >= 4 is 39.5 Å². The van der Waals surface area contributed by atoms with E-state index < -0.39 is 15.9 Å². The minimum atomic E-state index is -3.41. The third-order valence-corrected chi connectivity index (χ3v) is 4.24. The van der Waals surface area contributed by atoms with Crippen LogP contribution < -0.4 is 4.72 Å². The number of carbonyl (C=O) groups is 1. The van der Waals surface area contributed by atoms with Gasteiger partial charge in [0.15, 0.2) is 0 Å². The van der Waals surface area contributed by atoms with Crippen LogP contribution in [-0.4, -0.2) is 44.1 Å². The van der Waals surface area contributed by atoms with Crippen LogP contribution in [-0.2, 0) is 14.8 Å². The molecule has 0 fully saturated rings. The van der Waals surface area contributed by atoms with Gasteiger partial charge in [-0.1, -0.05) is 0 Å². The molecule has 0 saturated carbocycles.